The van der Waals surface area contributed by atoms with Crippen molar-refractivity contribution in [1.82, 2.24) is 10.2 Å². The average molecular weight is 525 g/mol. The van der Waals surface area contributed by atoms with Gasteiger partial charge in [0.2, 0.25) is 0 Å². The van der Waals surface area contributed by atoms with Crippen LogP contribution in [-0.2, 0) is 21.1 Å². The van der Waals surface area contributed by atoms with Gasteiger partial charge < -0.3 is 30.8 Å². The number of fused-ring (bicyclic) bond motifs is 1. The van der Waals surface area contributed by atoms with Crippen LogP contribution in [0.25, 0.3) is 5.70 Å². The first-order valence-electron chi connectivity index (χ1n) is 10.9. The van der Waals surface area contributed by atoms with Crippen LogP contribution in [0.15, 0.2) is 69.0 Å². The first-order valence-corrected chi connectivity index (χ1v) is 10.9. The van der Waals surface area contributed by atoms with Crippen molar-refractivity contribution in [3.63, 3.8) is 0 Å². The van der Waals surface area contributed by atoms with E-state index in [2.05, 4.69) is 16.4 Å². The van der Waals surface area contributed by atoms with Crippen LogP contribution in [0, 0.1) is 17.9 Å². The standard InChI is InChI=1S/C25H25N4O3.Mo/c30-24-6-2-1-5-19(24)23-12-22(20-14-26-9-7-21(20)28-23)27-13-17-4-3-10-29(15-17)25(31)18-8-11-32-16-18;/h1-2,5-6,8-9,11-12,16-17,20,28,30H,3-4,10,13-15H2;/q-1;. The van der Waals surface area contributed by atoms with Gasteiger partial charge in [-0.15, -0.1) is 0 Å². The summed E-state index contributed by atoms with van der Waals surface area (Å²) in [5, 5.41) is 13.7. The van der Waals surface area contributed by atoms with Crippen molar-refractivity contribution in [3.05, 3.63) is 71.8 Å². The third-order valence-corrected chi connectivity index (χ3v) is 6.17. The maximum atomic E-state index is 12.7. The zero-order valence-electron chi connectivity index (χ0n) is 18.1. The molecule has 1 saturated heterocycles. The van der Waals surface area contributed by atoms with Gasteiger partial charge in [-0.05, 0) is 43.0 Å². The topological polar surface area (TPSA) is 90.4 Å². The zero-order chi connectivity index (χ0) is 21.9. The molecule has 1 aromatic heterocycles. The number of allylic oxidation sites excluding steroid dienone is 2. The van der Waals surface area contributed by atoms with E-state index >= 15 is 0 Å². The third kappa shape index (κ3) is 5.03. The number of benzene rings is 1. The summed E-state index contributed by atoms with van der Waals surface area (Å²) in [6.45, 7) is 2.71. The summed E-state index contributed by atoms with van der Waals surface area (Å²) >= 11 is 0. The van der Waals surface area contributed by atoms with Gasteiger partial charge in [0.25, 0.3) is 5.91 Å². The molecule has 170 valence electrons. The van der Waals surface area contributed by atoms with E-state index in [0.29, 0.717) is 31.1 Å². The smallest absolute Gasteiger partial charge is 0.257 e. The van der Waals surface area contributed by atoms with Crippen molar-refractivity contribution >= 4 is 23.5 Å². The summed E-state index contributed by atoms with van der Waals surface area (Å²) in [7, 11) is 0. The Balaban J connectivity index is 0.00000259. The van der Waals surface area contributed by atoms with Crippen molar-refractivity contribution in [2.24, 2.45) is 21.8 Å². The number of carbonyl (C=O) groups is 1. The number of likely N-dealkylation sites (tertiary alicyclic amines) is 1. The van der Waals surface area contributed by atoms with Crippen LogP contribution in [-0.4, -0.2) is 54.0 Å². The van der Waals surface area contributed by atoms with E-state index < -0.39 is 0 Å². The second-order valence-electron chi connectivity index (χ2n) is 8.34. The first-order chi connectivity index (χ1) is 15.7. The molecule has 7 nitrogen and oxygen atoms in total. The fourth-order valence-electron chi connectivity index (χ4n) is 4.46. The number of furan rings is 1. The molecule has 1 aromatic carbocycles. The van der Waals surface area contributed by atoms with E-state index in [1.54, 1.807) is 24.4 Å². The van der Waals surface area contributed by atoms with Crippen molar-refractivity contribution in [2.75, 3.05) is 26.2 Å². The molecule has 3 aliphatic heterocycles. The normalized spacial score (nSPS) is 23.2. The predicted octanol–water partition coefficient (Wildman–Crippen LogP) is 3.31. The molecule has 3 aliphatic rings. The summed E-state index contributed by atoms with van der Waals surface area (Å²) in [4.78, 5) is 23.9. The van der Waals surface area contributed by atoms with Gasteiger partial charge in [-0.1, -0.05) is 12.1 Å². The number of aromatic hydroxyl groups is 1. The van der Waals surface area contributed by atoms with Crippen LogP contribution in [0.2, 0.25) is 0 Å². The summed E-state index contributed by atoms with van der Waals surface area (Å²) in [6.07, 6.45) is 11.9. The van der Waals surface area contributed by atoms with Crippen molar-refractivity contribution < 1.29 is 35.4 Å². The quantitative estimate of drug-likeness (QED) is 0.474. The second-order valence-corrected chi connectivity index (χ2v) is 8.34. The van der Waals surface area contributed by atoms with Gasteiger partial charge >= 0.3 is 0 Å². The number of dihydropyridines is 1. The van der Waals surface area contributed by atoms with Crippen LogP contribution >= 0.6 is 0 Å². The molecule has 0 aliphatic carbocycles. The van der Waals surface area contributed by atoms with Crippen molar-refractivity contribution in [1.29, 1.82) is 0 Å². The van der Waals surface area contributed by atoms with Crippen LogP contribution < -0.4 is 5.32 Å². The minimum atomic E-state index is 0. The molecule has 2 atom stereocenters. The summed E-state index contributed by atoms with van der Waals surface area (Å²) < 4.78 is 5.07. The first kappa shape index (κ1) is 23.2. The Hall–Kier alpha value is -2.92. The number of hydrogen-bond acceptors (Lipinski definition) is 6. The molecular formula is C25H25MoN4O3-. The van der Waals surface area contributed by atoms with Gasteiger partial charge in [-0.2, -0.15) is 11.9 Å². The van der Waals surface area contributed by atoms with E-state index in [1.807, 2.05) is 23.1 Å². The van der Waals surface area contributed by atoms with Crippen LogP contribution in [0.4, 0.5) is 0 Å². The monoisotopic (exact) mass is 527 g/mol. The fraction of sp³-hybridized carbons (Fsp3) is 0.320. The van der Waals surface area contributed by atoms with Crippen LogP contribution in [0.1, 0.15) is 28.8 Å². The Labute approximate surface area is 207 Å². The van der Waals surface area contributed by atoms with Crippen LogP contribution in [0.5, 0.6) is 5.75 Å². The molecule has 8 heteroatoms. The summed E-state index contributed by atoms with van der Waals surface area (Å²) in [5.41, 5.74) is 3.97. The largest absolute Gasteiger partial charge is 0.507 e. The number of carbonyl (C=O) groups excluding carboxylic acids is 1. The molecule has 0 bridgehead atoms. The predicted molar refractivity (Wildman–Crippen MR) is 122 cm³/mol. The molecular weight excluding hydrogens is 500 g/mol. The molecule has 0 saturated carbocycles. The van der Waals surface area contributed by atoms with Gasteiger partial charge in [0, 0.05) is 70.1 Å². The average Bonchev–Trinajstić information content (AvgIpc) is 3.37. The van der Waals surface area contributed by atoms with Gasteiger partial charge in [0.15, 0.2) is 0 Å². The number of phenolic OH excluding ortho intramolecular Hbond substituents is 1. The minimum absolute atomic E-state index is 0. The van der Waals surface area contributed by atoms with Gasteiger partial charge in [0.05, 0.1) is 11.8 Å². The Bertz CT molecular complexity index is 1120. The molecule has 1 fully saturated rings. The van der Waals surface area contributed by atoms with E-state index in [-0.39, 0.29) is 38.6 Å². The molecule has 2 N–H and O–H groups in total. The van der Waals surface area contributed by atoms with Crippen molar-refractivity contribution in [2.45, 2.75) is 12.8 Å². The Morgan fingerprint density at radius 2 is 2.21 bits per heavy atom. The number of amides is 1. The van der Waals surface area contributed by atoms with Gasteiger partial charge in [-0.25, -0.2) is 0 Å². The van der Waals surface area contributed by atoms with E-state index in [0.717, 1.165) is 42.1 Å². The summed E-state index contributed by atoms with van der Waals surface area (Å²) in [6, 6.07) is 8.96. The number of piperidine rings is 1. The van der Waals surface area contributed by atoms with Crippen molar-refractivity contribution in [3.8, 4) is 5.75 Å². The second kappa shape index (κ2) is 10.3. The van der Waals surface area contributed by atoms with E-state index in [4.69, 9.17) is 9.41 Å². The minimum Gasteiger partial charge on any atom is -0.507 e. The Morgan fingerprint density at radius 1 is 1.33 bits per heavy atom. The molecule has 0 spiro atoms. The SMILES string of the molecule is O=C(c1ccoc1)N1CCCC(CN=C2C=C(c3ccccc3O)NC3=[C-]C=NCC32)C1.[Mo]. The van der Waals surface area contributed by atoms with Gasteiger partial charge in [0.1, 0.15) is 12.0 Å². The van der Waals surface area contributed by atoms with Gasteiger partial charge in [-0.3, -0.25) is 9.79 Å². The zero-order valence-corrected chi connectivity index (χ0v) is 20.1. The summed E-state index contributed by atoms with van der Waals surface area (Å²) in [5.74, 6) is 0.560. The number of rotatable bonds is 4. The van der Waals surface area contributed by atoms with Crippen LogP contribution in [0.3, 0.4) is 0 Å². The third-order valence-electron chi connectivity index (χ3n) is 6.17. The Morgan fingerprint density at radius 3 is 3.03 bits per heavy atom. The number of hydrogen-bond donors (Lipinski definition) is 2. The number of para-hydroxylation sites is 1. The van der Waals surface area contributed by atoms with E-state index in [1.165, 1.54) is 12.5 Å². The molecule has 33 heavy (non-hydrogen) atoms. The maximum absolute atomic E-state index is 12.7. The number of nitrogens with zero attached hydrogens (tertiary/aromatic N) is 3. The number of aliphatic imine (C=N–C) groups is 2. The maximum Gasteiger partial charge on any atom is 0.257 e. The molecule has 5 rings (SSSR count). The fourth-order valence-corrected chi connectivity index (χ4v) is 4.46. The van der Waals surface area contributed by atoms with E-state index in [9.17, 15) is 9.90 Å². The molecule has 2 unspecified atom stereocenters. The Kier molecular flexibility index (Phi) is 7.29. The molecule has 0 radical (unpaired) electrons. The molecule has 4 heterocycles. The molecule has 1 amide bonds. The number of nitrogens with one attached hydrogen (secondary N) is 1. The molecule has 2 aromatic rings. The number of phenols is 1.